The molecule has 1 saturated carbocycles. The van der Waals surface area contributed by atoms with E-state index >= 15 is 4.39 Å². The summed E-state index contributed by atoms with van der Waals surface area (Å²) in [4.78, 5) is 17.3. The van der Waals surface area contributed by atoms with Gasteiger partial charge in [0.15, 0.2) is 6.23 Å². The van der Waals surface area contributed by atoms with Crippen LogP contribution in [0.1, 0.15) is 30.1 Å². The van der Waals surface area contributed by atoms with Gasteiger partial charge < -0.3 is 25.1 Å². The minimum Gasteiger partial charge on any atom is -0.478 e. The second-order valence-corrected chi connectivity index (χ2v) is 9.65. The lowest BCUT2D eigenvalue weighted by Crippen LogP contribution is -2.50. The Balaban J connectivity index is 1.20. The fourth-order valence-corrected chi connectivity index (χ4v) is 4.80. The van der Waals surface area contributed by atoms with Crippen LogP contribution in [0.2, 0.25) is 0 Å². The molecule has 2 aliphatic heterocycles. The van der Waals surface area contributed by atoms with E-state index in [-0.39, 0.29) is 29.3 Å². The highest BCUT2D eigenvalue weighted by Gasteiger charge is 2.38. The highest BCUT2D eigenvalue weighted by Crippen LogP contribution is 2.44. The van der Waals surface area contributed by atoms with Crippen LogP contribution in [0.4, 0.5) is 24.5 Å². The number of benzene rings is 2. The maximum Gasteiger partial charge on any atom is 0.336 e. The van der Waals surface area contributed by atoms with Gasteiger partial charge in [0.2, 0.25) is 0 Å². The molecule has 2 heterocycles. The number of halogens is 3. The summed E-state index contributed by atoms with van der Waals surface area (Å²) in [6.45, 7) is 2.21. The highest BCUT2D eigenvalue weighted by atomic mass is 19.1. The van der Waals surface area contributed by atoms with E-state index < -0.39 is 35.8 Å². The number of β-amino-alcohol motifs (C(OH)–C–C–N with tert-alkyl or cyclic N) is 1. The van der Waals surface area contributed by atoms with Crippen LogP contribution in [0.3, 0.4) is 0 Å². The fourth-order valence-electron chi connectivity index (χ4n) is 4.80. The van der Waals surface area contributed by atoms with Gasteiger partial charge in [-0.1, -0.05) is 0 Å². The van der Waals surface area contributed by atoms with Gasteiger partial charge >= 0.3 is 5.97 Å². The van der Waals surface area contributed by atoms with Gasteiger partial charge in [0.1, 0.15) is 23.6 Å². The van der Waals surface area contributed by atoms with Gasteiger partial charge in [0, 0.05) is 61.8 Å². The van der Waals surface area contributed by atoms with Crippen LogP contribution >= 0.6 is 0 Å². The zero-order valence-electron chi connectivity index (χ0n) is 20.4. The number of aliphatic carboxylic acids is 1. The first-order chi connectivity index (χ1) is 18.2. The average Bonchev–Trinajstić information content (AvgIpc) is 3.72. The van der Waals surface area contributed by atoms with Gasteiger partial charge in [-0.25, -0.2) is 18.0 Å². The van der Waals surface area contributed by atoms with E-state index in [9.17, 15) is 28.9 Å². The quantitative estimate of drug-likeness (QED) is 0.233. The van der Waals surface area contributed by atoms with E-state index in [0.717, 1.165) is 37.3 Å². The normalized spacial score (nSPS) is 20.9. The lowest BCUT2D eigenvalue weighted by atomic mass is 9.95. The van der Waals surface area contributed by atoms with Crippen LogP contribution in [0.5, 0.6) is 0 Å². The first-order valence-electron chi connectivity index (χ1n) is 12.3. The lowest BCUT2D eigenvalue weighted by molar-refractivity contribution is -0.133. The van der Waals surface area contributed by atoms with E-state index in [1.807, 2.05) is 14.7 Å². The predicted octanol–water partition coefficient (Wildman–Crippen LogP) is 2.15. The molecule has 2 aromatic rings. The Morgan fingerprint density at radius 2 is 1.82 bits per heavy atom. The molecule has 0 radical (unpaired) electrons. The van der Waals surface area contributed by atoms with Crippen LogP contribution < -0.4 is 15.2 Å². The summed E-state index contributed by atoms with van der Waals surface area (Å²) in [5.41, 5.74) is 3.48. The predicted molar refractivity (Wildman–Crippen MR) is 134 cm³/mol. The van der Waals surface area contributed by atoms with Gasteiger partial charge in [0.05, 0.1) is 17.5 Å². The summed E-state index contributed by atoms with van der Waals surface area (Å²) < 4.78 is 42.1. The van der Waals surface area contributed by atoms with Crippen molar-refractivity contribution in [2.75, 3.05) is 42.5 Å². The maximum absolute atomic E-state index is 15.2. The third kappa shape index (κ3) is 5.47. The molecule has 12 heteroatoms. The van der Waals surface area contributed by atoms with Gasteiger partial charge in [-0.2, -0.15) is 5.10 Å². The second kappa shape index (κ2) is 10.6. The van der Waals surface area contributed by atoms with Crippen molar-refractivity contribution in [1.29, 1.82) is 0 Å². The summed E-state index contributed by atoms with van der Waals surface area (Å²) in [5.74, 6) is -3.01. The van der Waals surface area contributed by atoms with Crippen molar-refractivity contribution in [1.82, 2.24) is 10.3 Å². The second-order valence-electron chi connectivity index (χ2n) is 9.65. The van der Waals surface area contributed by atoms with E-state index in [2.05, 4.69) is 10.5 Å². The zero-order valence-corrected chi connectivity index (χ0v) is 20.4. The first-order valence-corrected chi connectivity index (χ1v) is 12.3. The van der Waals surface area contributed by atoms with Crippen molar-refractivity contribution in [3.05, 3.63) is 70.7 Å². The number of carboxylic acid groups (broad SMARTS) is 1. The molecule has 4 N–H and O–H groups in total. The van der Waals surface area contributed by atoms with E-state index in [1.54, 1.807) is 6.07 Å². The number of rotatable bonds is 8. The number of carbonyl (C=O) groups is 1. The molecule has 3 aliphatic rings. The highest BCUT2D eigenvalue weighted by molar-refractivity contribution is 5.91. The standard InChI is InChI=1S/C26H28F3N5O4/c27-16-1-4-20(28)15(9-16)12-30-31-24(35)14-32-5-7-33(8-6-32)23-11-22-18(10-21(23)29)25(36)19(26(37)38)13-34(22)17-2-3-17/h1,4,9-13,17,24-25,31,35-36H,2-3,5-8,14H2,(H,37,38). The van der Waals surface area contributed by atoms with Crippen LogP contribution in [-0.2, 0) is 4.79 Å². The SMILES string of the molecule is O=C(O)C1=CN(C2CC2)c2cc(N3CCN(CC(O)NN=Cc4cc(F)ccc4F)CC3)c(F)cc2C1O. The fraction of sp³-hybridized carbons (Fsp3) is 0.385. The van der Waals surface area contributed by atoms with Crippen molar-refractivity contribution in [3.8, 4) is 0 Å². The first kappa shape index (κ1) is 26.0. The molecule has 2 atom stereocenters. The number of fused-ring (bicyclic) bond motifs is 1. The monoisotopic (exact) mass is 531 g/mol. The van der Waals surface area contributed by atoms with Crippen molar-refractivity contribution >= 4 is 23.6 Å². The molecule has 5 rings (SSSR count). The smallest absolute Gasteiger partial charge is 0.336 e. The number of nitrogens with one attached hydrogen (secondary N) is 1. The van der Waals surface area contributed by atoms with Crippen molar-refractivity contribution in [3.63, 3.8) is 0 Å². The Bertz CT molecular complexity index is 1280. The summed E-state index contributed by atoms with van der Waals surface area (Å²) in [6.07, 6.45) is 1.86. The molecule has 9 nitrogen and oxygen atoms in total. The largest absolute Gasteiger partial charge is 0.478 e. The minimum absolute atomic E-state index is 0.0483. The summed E-state index contributed by atoms with van der Waals surface area (Å²) in [7, 11) is 0. The molecular formula is C26H28F3N5O4. The number of hydrogen-bond donors (Lipinski definition) is 4. The molecule has 0 aromatic heterocycles. The average molecular weight is 532 g/mol. The molecule has 2 fully saturated rings. The van der Waals surface area contributed by atoms with Crippen molar-refractivity contribution in [2.45, 2.75) is 31.2 Å². The number of aliphatic hydroxyl groups is 2. The Morgan fingerprint density at radius 1 is 1.08 bits per heavy atom. The number of hydrazone groups is 1. The summed E-state index contributed by atoms with van der Waals surface area (Å²) in [5, 5.41) is 34.1. The molecule has 1 aliphatic carbocycles. The van der Waals surface area contributed by atoms with Gasteiger partial charge in [-0.3, -0.25) is 10.3 Å². The Labute approximate surface area is 217 Å². The Kier molecular flexibility index (Phi) is 7.28. The molecular weight excluding hydrogens is 503 g/mol. The van der Waals surface area contributed by atoms with Crippen molar-refractivity contribution in [2.24, 2.45) is 5.10 Å². The van der Waals surface area contributed by atoms with Gasteiger partial charge in [-0.05, 0) is 43.2 Å². The number of anilines is 2. The number of nitrogens with zero attached hydrogens (tertiary/aromatic N) is 4. The van der Waals surface area contributed by atoms with E-state index in [4.69, 9.17) is 0 Å². The van der Waals surface area contributed by atoms with Crippen LogP contribution in [-0.4, -0.2) is 77.4 Å². The van der Waals surface area contributed by atoms with Crippen LogP contribution in [0.25, 0.3) is 0 Å². The molecule has 202 valence electrons. The molecule has 2 aromatic carbocycles. The molecule has 0 bridgehead atoms. The van der Waals surface area contributed by atoms with Gasteiger partial charge in [-0.15, -0.1) is 0 Å². The van der Waals surface area contributed by atoms with E-state index in [1.165, 1.54) is 12.3 Å². The number of piperazine rings is 1. The molecule has 1 saturated heterocycles. The lowest BCUT2D eigenvalue weighted by Gasteiger charge is -2.38. The zero-order chi connectivity index (χ0) is 27.0. The third-order valence-electron chi connectivity index (χ3n) is 6.96. The minimum atomic E-state index is -1.41. The third-order valence-corrected chi connectivity index (χ3v) is 6.96. The molecule has 2 unspecified atom stereocenters. The number of hydrogen-bond acceptors (Lipinski definition) is 8. The topological polar surface area (TPSA) is 112 Å². The van der Waals surface area contributed by atoms with Crippen LogP contribution in [0, 0.1) is 17.5 Å². The van der Waals surface area contributed by atoms with Crippen LogP contribution in [0.15, 0.2) is 47.2 Å². The molecule has 38 heavy (non-hydrogen) atoms. The number of carboxylic acids is 1. The molecule has 0 spiro atoms. The number of aliphatic hydroxyl groups excluding tert-OH is 2. The Morgan fingerprint density at radius 3 is 2.50 bits per heavy atom. The summed E-state index contributed by atoms with van der Waals surface area (Å²) in [6, 6.07) is 6.02. The van der Waals surface area contributed by atoms with E-state index in [0.29, 0.717) is 37.6 Å². The molecule has 0 amide bonds. The van der Waals surface area contributed by atoms with Gasteiger partial charge in [0.25, 0.3) is 0 Å². The maximum atomic E-state index is 15.2. The summed E-state index contributed by atoms with van der Waals surface area (Å²) >= 11 is 0. The Hall–Kier alpha value is -3.61. The van der Waals surface area contributed by atoms with Crippen molar-refractivity contribution < 1.29 is 33.3 Å².